The third-order valence-corrected chi connectivity index (χ3v) is 5.12. The van der Waals surface area contributed by atoms with Gasteiger partial charge in [0.2, 0.25) is 5.91 Å². The van der Waals surface area contributed by atoms with Gasteiger partial charge in [-0.3, -0.25) is 9.69 Å². The van der Waals surface area contributed by atoms with Crippen molar-refractivity contribution in [2.24, 2.45) is 0 Å². The lowest BCUT2D eigenvalue weighted by Crippen LogP contribution is -2.50. The molecule has 2 heterocycles. The summed E-state index contributed by atoms with van der Waals surface area (Å²) < 4.78 is 10.4. The van der Waals surface area contributed by atoms with Gasteiger partial charge in [0.05, 0.1) is 18.6 Å². The molecule has 140 valence electrons. The molecule has 1 unspecified atom stereocenters. The molecule has 0 aliphatic carbocycles. The number of nitrogens with one attached hydrogen (secondary N) is 1. The molecule has 26 heavy (non-hydrogen) atoms. The topological polar surface area (TPSA) is 84.9 Å². The molecule has 1 spiro atoms. The fourth-order valence-corrected chi connectivity index (χ4v) is 3.97. The minimum atomic E-state index is -1.01. The van der Waals surface area contributed by atoms with Crippen LogP contribution in [0.1, 0.15) is 39.7 Å². The maximum atomic E-state index is 12.9. The van der Waals surface area contributed by atoms with Crippen LogP contribution < -0.4 is 5.32 Å². The van der Waals surface area contributed by atoms with Crippen molar-refractivity contribution in [3.63, 3.8) is 0 Å². The van der Waals surface area contributed by atoms with E-state index in [4.69, 9.17) is 9.47 Å². The Morgan fingerprint density at radius 2 is 1.92 bits per heavy atom. The summed E-state index contributed by atoms with van der Waals surface area (Å²) in [6.07, 6.45) is -0.474. The van der Waals surface area contributed by atoms with Crippen LogP contribution in [0.25, 0.3) is 0 Å². The van der Waals surface area contributed by atoms with E-state index in [1.54, 1.807) is 27.7 Å². The van der Waals surface area contributed by atoms with Crippen LogP contribution in [-0.4, -0.2) is 47.7 Å². The van der Waals surface area contributed by atoms with Crippen molar-refractivity contribution in [3.8, 4) is 0 Å². The number of methoxy groups -OCH3 is 1. The van der Waals surface area contributed by atoms with Gasteiger partial charge in [-0.05, 0) is 45.7 Å². The molecule has 1 fully saturated rings. The third-order valence-electron chi connectivity index (χ3n) is 5.12. The first-order valence-corrected chi connectivity index (χ1v) is 8.62. The molecule has 2 aliphatic heterocycles. The highest BCUT2D eigenvalue weighted by atomic mass is 16.6. The van der Waals surface area contributed by atoms with E-state index in [0.717, 1.165) is 5.56 Å². The number of hydrogen-bond acceptors (Lipinski definition) is 5. The number of hydrogen-bond donors (Lipinski definition) is 1. The van der Waals surface area contributed by atoms with Crippen LogP contribution in [0.2, 0.25) is 0 Å². The predicted molar refractivity (Wildman–Crippen MR) is 94.7 cm³/mol. The number of carbonyl (C=O) groups is 3. The highest BCUT2D eigenvalue weighted by molar-refractivity contribution is 6.08. The summed E-state index contributed by atoms with van der Waals surface area (Å²) in [4.78, 5) is 39.5. The van der Waals surface area contributed by atoms with Crippen molar-refractivity contribution < 1.29 is 23.9 Å². The van der Waals surface area contributed by atoms with E-state index >= 15 is 0 Å². The number of nitrogens with zero attached hydrogens (tertiary/aromatic N) is 1. The van der Waals surface area contributed by atoms with Crippen molar-refractivity contribution in [3.05, 3.63) is 29.8 Å². The van der Waals surface area contributed by atoms with E-state index in [9.17, 15) is 14.4 Å². The average Bonchev–Trinajstić information content (AvgIpc) is 3.02. The van der Waals surface area contributed by atoms with Crippen molar-refractivity contribution in [1.29, 1.82) is 0 Å². The van der Waals surface area contributed by atoms with Gasteiger partial charge in [0.15, 0.2) is 0 Å². The van der Waals surface area contributed by atoms with Gasteiger partial charge in [0.25, 0.3) is 0 Å². The van der Waals surface area contributed by atoms with Crippen LogP contribution in [0, 0.1) is 0 Å². The average molecular weight is 360 g/mol. The number of carbonyl (C=O) groups excluding carboxylic acids is 3. The molecular weight excluding hydrogens is 336 g/mol. The summed E-state index contributed by atoms with van der Waals surface area (Å²) in [5.74, 6) is -0.775. The molecule has 1 N–H and O–H groups in total. The second-order valence-corrected chi connectivity index (χ2v) is 7.78. The third kappa shape index (κ3) is 2.62. The fourth-order valence-electron chi connectivity index (χ4n) is 3.97. The van der Waals surface area contributed by atoms with Gasteiger partial charge in [0.1, 0.15) is 11.6 Å². The van der Waals surface area contributed by atoms with Gasteiger partial charge in [-0.15, -0.1) is 0 Å². The summed E-state index contributed by atoms with van der Waals surface area (Å²) in [6.45, 7) is 7.04. The molecule has 0 radical (unpaired) electrons. The molecule has 0 saturated carbocycles. The van der Waals surface area contributed by atoms with Crippen molar-refractivity contribution in [2.75, 3.05) is 12.4 Å². The lowest BCUT2D eigenvalue weighted by molar-refractivity contribution is -0.146. The predicted octanol–water partition coefficient (Wildman–Crippen LogP) is 2.45. The van der Waals surface area contributed by atoms with Gasteiger partial charge in [-0.2, -0.15) is 0 Å². The van der Waals surface area contributed by atoms with E-state index < -0.39 is 35.2 Å². The molecule has 2 amide bonds. The number of rotatable bonds is 1. The fraction of sp³-hybridized carbons (Fsp3) is 0.526. The second kappa shape index (κ2) is 6.00. The molecular formula is C19H24N2O5. The van der Waals surface area contributed by atoms with Gasteiger partial charge < -0.3 is 14.8 Å². The summed E-state index contributed by atoms with van der Waals surface area (Å²) >= 11 is 0. The molecule has 3 rings (SSSR count). The zero-order chi connectivity index (χ0) is 19.3. The van der Waals surface area contributed by atoms with Crippen LogP contribution >= 0.6 is 0 Å². The number of benzene rings is 1. The molecule has 7 nitrogen and oxygen atoms in total. The van der Waals surface area contributed by atoms with E-state index in [1.807, 2.05) is 24.3 Å². The molecule has 7 heteroatoms. The van der Waals surface area contributed by atoms with E-state index in [-0.39, 0.29) is 12.3 Å². The SMILES string of the molecule is COC(=O)[C@@H]1C[C@]2(C(=O)Nc3ccccc32)C(C)N1C(=O)OC(C)(C)C. The number of amides is 2. The molecule has 1 aromatic carbocycles. The molecule has 3 atom stereocenters. The Labute approximate surface area is 152 Å². The van der Waals surface area contributed by atoms with Crippen LogP contribution in [0.3, 0.4) is 0 Å². The minimum Gasteiger partial charge on any atom is -0.467 e. The maximum Gasteiger partial charge on any atom is 0.411 e. The number of para-hydroxylation sites is 1. The zero-order valence-electron chi connectivity index (χ0n) is 15.7. The summed E-state index contributed by atoms with van der Waals surface area (Å²) in [6, 6.07) is 5.90. The Bertz CT molecular complexity index is 769. The lowest BCUT2D eigenvalue weighted by atomic mass is 9.75. The first-order valence-electron chi connectivity index (χ1n) is 8.62. The van der Waals surface area contributed by atoms with Gasteiger partial charge >= 0.3 is 12.1 Å². The monoisotopic (exact) mass is 360 g/mol. The summed E-state index contributed by atoms with van der Waals surface area (Å²) in [7, 11) is 1.27. The van der Waals surface area contributed by atoms with E-state index in [0.29, 0.717) is 5.69 Å². The van der Waals surface area contributed by atoms with Gasteiger partial charge in [0, 0.05) is 5.69 Å². The van der Waals surface area contributed by atoms with E-state index in [2.05, 4.69) is 5.32 Å². The number of anilines is 1. The first-order chi connectivity index (χ1) is 12.1. The zero-order valence-corrected chi connectivity index (χ0v) is 15.7. The van der Waals surface area contributed by atoms with Crippen LogP contribution in [-0.2, 0) is 24.5 Å². The second-order valence-electron chi connectivity index (χ2n) is 7.78. The number of ether oxygens (including phenoxy) is 2. The first kappa shape index (κ1) is 18.2. The smallest absolute Gasteiger partial charge is 0.411 e. The highest BCUT2D eigenvalue weighted by Gasteiger charge is 2.62. The number of fused-ring (bicyclic) bond motifs is 2. The molecule has 1 aromatic rings. The minimum absolute atomic E-state index is 0.156. The quantitative estimate of drug-likeness (QED) is 0.778. The van der Waals surface area contributed by atoms with Gasteiger partial charge in [-0.25, -0.2) is 9.59 Å². The number of esters is 1. The standard InChI is InChI=1S/C19H24N2O5/c1-11-19(12-8-6-7-9-13(12)20-16(19)23)10-14(15(22)25-5)21(11)17(24)26-18(2,3)4/h6-9,11,14H,10H2,1-5H3,(H,20,23)/t11?,14-,19-/m0/s1. The van der Waals surface area contributed by atoms with Crippen LogP contribution in [0.15, 0.2) is 24.3 Å². The van der Waals surface area contributed by atoms with Crippen molar-refractivity contribution in [1.82, 2.24) is 4.90 Å². The van der Waals surface area contributed by atoms with Crippen molar-refractivity contribution in [2.45, 2.75) is 57.2 Å². The lowest BCUT2D eigenvalue weighted by Gasteiger charge is -2.33. The largest absolute Gasteiger partial charge is 0.467 e. The Morgan fingerprint density at radius 1 is 1.27 bits per heavy atom. The Kier molecular flexibility index (Phi) is 4.21. The normalized spacial score (nSPS) is 27.3. The molecule has 1 saturated heterocycles. The maximum absolute atomic E-state index is 12.9. The highest BCUT2D eigenvalue weighted by Crippen LogP contribution is 2.50. The Hall–Kier alpha value is -2.57. The van der Waals surface area contributed by atoms with Crippen LogP contribution in [0.5, 0.6) is 0 Å². The summed E-state index contributed by atoms with van der Waals surface area (Å²) in [5.41, 5.74) is -0.230. The van der Waals surface area contributed by atoms with Gasteiger partial charge in [-0.1, -0.05) is 18.2 Å². The van der Waals surface area contributed by atoms with E-state index in [1.165, 1.54) is 12.0 Å². The molecule has 0 bridgehead atoms. The number of likely N-dealkylation sites (tertiary alicyclic amines) is 1. The Balaban J connectivity index is 2.07. The van der Waals surface area contributed by atoms with Crippen molar-refractivity contribution >= 4 is 23.7 Å². The summed E-state index contributed by atoms with van der Waals surface area (Å²) in [5, 5.41) is 2.88. The molecule has 0 aromatic heterocycles. The van der Waals surface area contributed by atoms with Crippen LogP contribution in [0.4, 0.5) is 10.5 Å². The Morgan fingerprint density at radius 3 is 2.54 bits per heavy atom. The molecule has 2 aliphatic rings.